The van der Waals surface area contributed by atoms with E-state index >= 15 is 0 Å². The fourth-order valence-electron chi connectivity index (χ4n) is 3.98. The average molecular weight is 466 g/mol. The molecule has 5 nitrogen and oxygen atoms in total. The predicted molar refractivity (Wildman–Crippen MR) is 134 cm³/mol. The lowest BCUT2D eigenvalue weighted by atomic mass is 9.80. The van der Waals surface area contributed by atoms with Crippen molar-refractivity contribution >= 4 is 21.4 Å². The van der Waals surface area contributed by atoms with E-state index < -0.39 is 15.3 Å². The van der Waals surface area contributed by atoms with Crippen molar-refractivity contribution < 1.29 is 17.9 Å². The lowest BCUT2D eigenvalue weighted by Gasteiger charge is -2.25. The number of sulfone groups is 1. The van der Waals surface area contributed by atoms with Crippen LogP contribution in [0, 0.1) is 5.41 Å². The number of hydrogen-bond acceptors (Lipinski definition) is 4. The van der Waals surface area contributed by atoms with Crippen LogP contribution in [0.25, 0.3) is 0 Å². The van der Waals surface area contributed by atoms with E-state index in [-0.39, 0.29) is 10.8 Å². The van der Waals surface area contributed by atoms with Gasteiger partial charge in [-0.3, -0.25) is 4.79 Å². The van der Waals surface area contributed by atoms with Crippen molar-refractivity contribution in [3.05, 3.63) is 100 Å². The summed E-state index contributed by atoms with van der Waals surface area (Å²) in [7, 11) is -1.71. The smallest absolute Gasteiger partial charge is 0.259 e. The number of ether oxygens (including phenoxy) is 1. The molecule has 33 heavy (non-hydrogen) atoms. The maximum absolute atomic E-state index is 13.7. The summed E-state index contributed by atoms with van der Waals surface area (Å²) in [5.41, 5.74) is 2.69. The third-order valence-corrected chi connectivity index (χ3v) is 7.14. The number of hydrogen-bond donors (Lipinski definition) is 0. The minimum atomic E-state index is -3.34. The highest BCUT2D eigenvalue weighted by atomic mass is 32.2. The van der Waals surface area contributed by atoms with E-state index in [1.165, 1.54) is 6.26 Å². The number of methoxy groups -OCH3 is 1. The minimum absolute atomic E-state index is 0.0659. The van der Waals surface area contributed by atoms with Gasteiger partial charge in [-0.2, -0.15) is 0 Å². The SMILES string of the molecule is C/C=C(\C=C/C(C)(C)C1=C(C2=CCC=C(OC)C=C2)C(=O)N(c2ccccc2)C1)S(C)(=O)=O. The molecule has 6 heteroatoms. The van der Waals surface area contributed by atoms with Crippen molar-refractivity contribution in [2.75, 3.05) is 24.8 Å². The molecule has 2 aliphatic rings. The van der Waals surface area contributed by atoms with Crippen LogP contribution in [0.15, 0.2) is 100 Å². The molecule has 174 valence electrons. The lowest BCUT2D eigenvalue weighted by molar-refractivity contribution is -0.114. The van der Waals surface area contributed by atoms with Crippen LogP contribution in [0.5, 0.6) is 0 Å². The van der Waals surface area contributed by atoms with Crippen molar-refractivity contribution in [1.82, 2.24) is 0 Å². The average Bonchev–Trinajstić information content (AvgIpc) is 2.95. The Kier molecular flexibility index (Phi) is 7.28. The molecule has 0 spiro atoms. The van der Waals surface area contributed by atoms with Crippen LogP contribution in [0.3, 0.4) is 0 Å². The molecule has 1 heterocycles. The molecule has 1 aliphatic carbocycles. The minimum Gasteiger partial charge on any atom is -0.497 e. The summed E-state index contributed by atoms with van der Waals surface area (Å²) >= 11 is 0. The molecule has 0 unspecified atom stereocenters. The van der Waals surface area contributed by atoms with Gasteiger partial charge in [-0.25, -0.2) is 8.42 Å². The van der Waals surface area contributed by atoms with Crippen LogP contribution in [0.2, 0.25) is 0 Å². The molecule has 0 atom stereocenters. The molecule has 1 aromatic carbocycles. The molecular weight excluding hydrogens is 434 g/mol. The van der Waals surface area contributed by atoms with Gasteiger partial charge in [0.25, 0.3) is 5.91 Å². The lowest BCUT2D eigenvalue weighted by Crippen LogP contribution is -2.28. The number of rotatable bonds is 7. The monoisotopic (exact) mass is 465 g/mol. The Bertz CT molecular complexity index is 1210. The topological polar surface area (TPSA) is 63.7 Å². The zero-order chi connectivity index (χ0) is 24.2. The Morgan fingerprint density at radius 2 is 1.82 bits per heavy atom. The van der Waals surface area contributed by atoms with Gasteiger partial charge in [0.1, 0.15) is 5.76 Å². The summed E-state index contributed by atoms with van der Waals surface area (Å²) < 4.78 is 29.5. The van der Waals surface area contributed by atoms with Gasteiger partial charge in [-0.15, -0.1) is 0 Å². The Balaban J connectivity index is 2.10. The molecule has 1 amide bonds. The van der Waals surface area contributed by atoms with Crippen molar-refractivity contribution in [2.45, 2.75) is 27.2 Å². The van der Waals surface area contributed by atoms with Gasteiger partial charge in [0.2, 0.25) is 0 Å². The van der Waals surface area contributed by atoms with Gasteiger partial charge in [0, 0.05) is 29.5 Å². The number of carbonyl (C=O) groups is 1. The summed E-state index contributed by atoms with van der Waals surface area (Å²) in [5.74, 6) is 0.683. The number of para-hydroxylation sites is 1. The molecule has 0 fully saturated rings. The zero-order valence-electron chi connectivity index (χ0n) is 19.8. The largest absolute Gasteiger partial charge is 0.497 e. The summed E-state index contributed by atoms with van der Waals surface area (Å²) in [4.78, 5) is 15.7. The second-order valence-electron chi connectivity index (χ2n) is 8.64. The zero-order valence-corrected chi connectivity index (χ0v) is 20.6. The number of anilines is 1. The Labute approximate surface area is 197 Å². The van der Waals surface area contributed by atoms with Crippen LogP contribution < -0.4 is 4.90 Å². The van der Waals surface area contributed by atoms with E-state index in [2.05, 4.69) is 0 Å². The summed E-state index contributed by atoms with van der Waals surface area (Å²) in [6.45, 7) is 6.15. The molecule has 0 bridgehead atoms. The maximum Gasteiger partial charge on any atom is 0.259 e. The van der Waals surface area contributed by atoms with Gasteiger partial charge < -0.3 is 9.64 Å². The number of benzene rings is 1. The van der Waals surface area contributed by atoms with E-state index in [1.54, 1.807) is 31.1 Å². The van der Waals surface area contributed by atoms with Crippen LogP contribution >= 0.6 is 0 Å². The van der Waals surface area contributed by atoms with Crippen molar-refractivity contribution in [1.29, 1.82) is 0 Å². The predicted octanol–water partition coefficient (Wildman–Crippen LogP) is 5.28. The number of carbonyl (C=O) groups excluding carboxylic acids is 1. The maximum atomic E-state index is 13.7. The van der Waals surface area contributed by atoms with Crippen LogP contribution in [-0.4, -0.2) is 34.2 Å². The van der Waals surface area contributed by atoms with Gasteiger partial charge in [0.15, 0.2) is 9.84 Å². The standard InChI is InChI=1S/C27H31NO4S/c1-6-23(33(5,30)31)17-18-27(2,3)24-19-28(21-12-8-7-9-13-21)26(29)25(24)20-11-10-14-22(32-4)16-15-20/h6-9,11-18H,10,19H2,1-5H3/b18-17-,23-6+. The Morgan fingerprint density at radius 1 is 1.12 bits per heavy atom. The van der Waals surface area contributed by atoms with Crippen LogP contribution in [0.1, 0.15) is 27.2 Å². The van der Waals surface area contributed by atoms with E-state index in [4.69, 9.17) is 4.74 Å². The number of amides is 1. The second kappa shape index (κ2) is 9.79. The molecule has 0 saturated heterocycles. The van der Waals surface area contributed by atoms with E-state index in [9.17, 15) is 13.2 Å². The molecule has 1 aromatic rings. The number of allylic oxidation sites excluding steroid dienone is 7. The molecule has 0 radical (unpaired) electrons. The quantitative estimate of drug-likeness (QED) is 0.514. The van der Waals surface area contributed by atoms with Gasteiger partial charge in [-0.1, -0.05) is 56.4 Å². The first-order valence-electron chi connectivity index (χ1n) is 10.9. The summed E-state index contributed by atoms with van der Waals surface area (Å²) in [5, 5.41) is 0. The molecule has 0 aromatic heterocycles. The molecular formula is C27H31NO4S. The van der Waals surface area contributed by atoms with E-state index in [1.807, 2.05) is 74.6 Å². The molecule has 0 saturated carbocycles. The summed E-state index contributed by atoms with van der Waals surface area (Å²) in [6.07, 6.45) is 14.7. The van der Waals surface area contributed by atoms with E-state index in [0.29, 0.717) is 18.5 Å². The first kappa shape index (κ1) is 24.5. The first-order chi connectivity index (χ1) is 15.6. The highest BCUT2D eigenvalue weighted by Crippen LogP contribution is 2.41. The van der Waals surface area contributed by atoms with Crippen molar-refractivity contribution in [3.63, 3.8) is 0 Å². The molecule has 1 aliphatic heterocycles. The van der Waals surface area contributed by atoms with Gasteiger partial charge in [0.05, 0.1) is 12.0 Å². The Hall–Kier alpha value is -3.12. The molecule has 0 N–H and O–H groups in total. The third kappa shape index (κ3) is 5.45. The van der Waals surface area contributed by atoms with Gasteiger partial charge in [-0.05, 0) is 54.9 Å². The van der Waals surface area contributed by atoms with Crippen molar-refractivity contribution in [3.8, 4) is 0 Å². The molecule has 3 rings (SSSR count). The third-order valence-electron chi connectivity index (χ3n) is 5.91. The normalized spacial score (nSPS) is 18.0. The first-order valence-corrected chi connectivity index (χ1v) is 12.8. The Morgan fingerprint density at radius 3 is 2.42 bits per heavy atom. The summed E-state index contributed by atoms with van der Waals surface area (Å²) in [6, 6.07) is 9.59. The highest BCUT2D eigenvalue weighted by molar-refractivity contribution is 7.94. The van der Waals surface area contributed by atoms with E-state index in [0.717, 1.165) is 22.6 Å². The second-order valence-corrected chi connectivity index (χ2v) is 10.7. The van der Waals surface area contributed by atoms with Crippen molar-refractivity contribution in [2.24, 2.45) is 5.41 Å². The number of nitrogens with zero attached hydrogens (tertiary/aromatic N) is 1. The highest BCUT2D eigenvalue weighted by Gasteiger charge is 2.38. The fraction of sp³-hybridized carbons (Fsp3) is 0.296. The van der Waals surface area contributed by atoms with Gasteiger partial charge >= 0.3 is 0 Å². The van der Waals surface area contributed by atoms with Crippen LogP contribution in [0.4, 0.5) is 5.69 Å². The fourth-order valence-corrected chi connectivity index (χ4v) is 4.73. The van der Waals surface area contributed by atoms with Crippen LogP contribution in [-0.2, 0) is 19.4 Å².